The summed E-state index contributed by atoms with van der Waals surface area (Å²) in [5, 5.41) is 8.78. The maximum Gasteiger partial charge on any atom is 0.341 e. The molecule has 0 aromatic carbocycles. The van der Waals surface area contributed by atoms with Crippen molar-refractivity contribution in [3.63, 3.8) is 0 Å². The van der Waals surface area contributed by atoms with Crippen molar-refractivity contribution in [3.05, 3.63) is 17.6 Å². The van der Waals surface area contributed by atoms with E-state index in [4.69, 9.17) is 10.8 Å². The van der Waals surface area contributed by atoms with Crippen LogP contribution in [0.5, 0.6) is 0 Å². The first-order valence-corrected chi connectivity index (χ1v) is 5.65. The Kier molecular flexibility index (Phi) is 4.84. The van der Waals surface area contributed by atoms with Gasteiger partial charge in [-0.1, -0.05) is 13.8 Å². The van der Waals surface area contributed by atoms with Crippen molar-refractivity contribution < 1.29 is 9.90 Å². The van der Waals surface area contributed by atoms with Crippen molar-refractivity contribution in [2.24, 2.45) is 0 Å². The second-order valence-electron chi connectivity index (χ2n) is 3.67. The quantitative estimate of drug-likeness (QED) is 0.755. The molecule has 17 heavy (non-hydrogen) atoms. The standard InChI is InChI=1S/C11H18N4O2/c1-3-15(4-2)6-5-9-13-7-8(11(16)17)10(12)14-9/h7H,3-6H2,1-2H3,(H,16,17)(H2,12,13,14). The lowest BCUT2D eigenvalue weighted by Crippen LogP contribution is -2.26. The minimum absolute atomic E-state index is 0.0297. The molecule has 0 radical (unpaired) electrons. The smallest absolute Gasteiger partial charge is 0.341 e. The summed E-state index contributed by atoms with van der Waals surface area (Å²) in [6.45, 7) is 6.97. The zero-order chi connectivity index (χ0) is 12.8. The van der Waals surface area contributed by atoms with Crippen molar-refractivity contribution in [2.75, 3.05) is 25.4 Å². The summed E-state index contributed by atoms with van der Waals surface area (Å²) in [6, 6.07) is 0. The summed E-state index contributed by atoms with van der Waals surface area (Å²) < 4.78 is 0. The molecule has 0 saturated carbocycles. The number of nitrogens with zero attached hydrogens (tertiary/aromatic N) is 3. The Morgan fingerprint density at radius 3 is 2.59 bits per heavy atom. The highest BCUT2D eigenvalue weighted by Crippen LogP contribution is 2.07. The van der Waals surface area contributed by atoms with Crippen molar-refractivity contribution in [2.45, 2.75) is 20.3 Å². The number of carboxylic acid groups (broad SMARTS) is 1. The maximum atomic E-state index is 10.7. The normalized spacial score (nSPS) is 10.8. The molecule has 0 spiro atoms. The van der Waals surface area contributed by atoms with Crippen LogP contribution in [0, 0.1) is 0 Å². The van der Waals surface area contributed by atoms with E-state index in [2.05, 4.69) is 28.7 Å². The molecular formula is C11H18N4O2. The molecule has 0 aliphatic heterocycles. The highest BCUT2D eigenvalue weighted by Gasteiger charge is 2.11. The van der Waals surface area contributed by atoms with Crippen LogP contribution in [0.4, 0.5) is 5.82 Å². The molecule has 3 N–H and O–H groups in total. The number of hydrogen-bond donors (Lipinski definition) is 2. The number of likely N-dealkylation sites (N-methyl/N-ethyl adjacent to an activating group) is 1. The highest BCUT2D eigenvalue weighted by molar-refractivity contribution is 5.92. The number of carbonyl (C=O) groups is 1. The fourth-order valence-corrected chi connectivity index (χ4v) is 1.52. The molecule has 1 aromatic heterocycles. The number of nitrogens with two attached hydrogens (primary N) is 1. The third kappa shape index (κ3) is 3.67. The lowest BCUT2D eigenvalue weighted by atomic mass is 10.3. The van der Waals surface area contributed by atoms with Crippen molar-refractivity contribution >= 4 is 11.8 Å². The Hall–Kier alpha value is -1.69. The van der Waals surface area contributed by atoms with E-state index in [1.54, 1.807) is 0 Å². The van der Waals surface area contributed by atoms with Crippen molar-refractivity contribution in [3.8, 4) is 0 Å². The second-order valence-corrected chi connectivity index (χ2v) is 3.67. The fourth-order valence-electron chi connectivity index (χ4n) is 1.52. The van der Waals surface area contributed by atoms with Crippen LogP contribution in [0.1, 0.15) is 30.0 Å². The van der Waals surface area contributed by atoms with Gasteiger partial charge in [-0.25, -0.2) is 14.8 Å². The van der Waals surface area contributed by atoms with Gasteiger partial charge in [-0.2, -0.15) is 0 Å². The van der Waals surface area contributed by atoms with Gasteiger partial charge in [-0.15, -0.1) is 0 Å². The van der Waals surface area contributed by atoms with Crippen LogP contribution in [0.3, 0.4) is 0 Å². The lowest BCUT2D eigenvalue weighted by Gasteiger charge is -2.17. The first kappa shape index (κ1) is 13.4. The molecule has 1 heterocycles. The Labute approximate surface area is 100 Å². The summed E-state index contributed by atoms with van der Waals surface area (Å²) in [7, 11) is 0. The first-order valence-electron chi connectivity index (χ1n) is 5.65. The Morgan fingerprint density at radius 1 is 1.47 bits per heavy atom. The van der Waals surface area contributed by atoms with E-state index in [9.17, 15) is 4.79 Å². The maximum absolute atomic E-state index is 10.7. The van der Waals surface area contributed by atoms with Gasteiger partial charge in [-0.3, -0.25) is 0 Å². The minimum atomic E-state index is -1.10. The monoisotopic (exact) mass is 238 g/mol. The average Bonchev–Trinajstić information content (AvgIpc) is 2.30. The SMILES string of the molecule is CCN(CC)CCc1ncc(C(=O)O)c(N)n1. The van der Waals surface area contributed by atoms with Crippen LogP contribution in [0.15, 0.2) is 6.20 Å². The summed E-state index contributed by atoms with van der Waals surface area (Å²) in [6.07, 6.45) is 1.94. The lowest BCUT2D eigenvalue weighted by molar-refractivity contribution is 0.0697. The topological polar surface area (TPSA) is 92.3 Å². The highest BCUT2D eigenvalue weighted by atomic mass is 16.4. The predicted octanol–water partition coefficient (Wildman–Crippen LogP) is 0.641. The van der Waals surface area contributed by atoms with Gasteiger partial charge in [0.1, 0.15) is 17.2 Å². The van der Waals surface area contributed by atoms with E-state index in [1.165, 1.54) is 6.20 Å². The van der Waals surface area contributed by atoms with Gasteiger partial charge in [0.25, 0.3) is 0 Å². The number of rotatable bonds is 6. The summed E-state index contributed by atoms with van der Waals surface area (Å²) in [5.74, 6) is -0.487. The molecule has 6 nitrogen and oxygen atoms in total. The van der Waals surface area contributed by atoms with Crippen LogP contribution in [0.2, 0.25) is 0 Å². The van der Waals surface area contributed by atoms with E-state index in [-0.39, 0.29) is 11.4 Å². The molecule has 1 rings (SSSR count). The Morgan fingerprint density at radius 2 is 2.12 bits per heavy atom. The fraction of sp³-hybridized carbons (Fsp3) is 0.545. The molecule has 0 fully saturated rings. The van der Waals surface area contributed by atoms with E-state index >= 15 is 0 Å². The van der Waals surface area contributed by atoms with Crippen LogP contribution < -0.4 is 5.73 Å². The number of carboxylic acids is 1. The van der Waals surface area contributed by atoms with E-state index in [0.29, 0.717) is 12.2 Å². The second kappa shape index (κ2) is 6.15. The summed E-state index contributed by atoms with van der Waals surface area (Å²) in [4.78, 5) is 21.0. The van der Waals surface area contributed by atoms with E-state index < -0.39 is 5.97 Å². The van der Waals surface area contributed by atoms with E-state index in [0.717, 1.165) is 19.6 Å². The number of aromatic carboxylic acids is 1. The minimum Gasteiger partial charge on any atom is -0.477 e. The molecule has 0 bridgehead atoms. The predicted molar refractivity (Wildman–Crippen MR) is 64.9 cm³/mol. The number of hydrogen-bond acceptors (Lipinski definition) is 5. The molecule has 0 unspecified atom stereocenters. The average molecular weight is 238 g/mol. The third-order valence-corrected chi connectivity index (χ3v) is 2.64. The summed E-state index contributed by atoms with van der Waals surface area (Å²) >= 11 is 0. The van der Waals surface area contributed by atoms with Gasteiger partial charge in [-0.05, 0) is 13.1 Å². The van der Waals surface area contributed by atoms with Crippen molar-refractivity contribution in [1.82, 2.24) is 14.9 Å². The first-order chi connectivity index (χ1) is 8.08. The van der Waals surface area contributed by atoms with Crippen LogP contribution in [-0.2, 0) is 6.42 Å². The number of nitrogen functional groups attached to an aromatic ring is 1. The molecule has 0 atom stereocenters. The largest absolute Gasteiger partial charge is 0.477 e. The zero-order valence-electron chi connectivity index (χ0n) is 10.2. The van der Waals surface area contributed by atoms with Crippen LogP contribution in [0.25, 0.3) is 0 Å². The molecule has 0 saturated heterocycles. The Bertz CT molecular complexity index is 391. The molecule has 94 valence electrons. The van der Waals surface area contributed by atoms with Gasteiger partial charge in [0.2, 0.25) is 0 Å². The van der Waals surface area contributed by atoms with Crippen LogP contribution >= 0.6 is 0 Å². The number of aromatic nitrogens is 2. The van der Waals surface area contributed by atoms with Gasteiger partial charge in [0, 0.05) is 19.2 Å². The van der Waals surface area contributed by atoms with Crippen molar-refractivity contribution in [1.29, 1.82) is 0 Å². The van der Waals surface area contributed by atoms with Crippen LogP contribution in [-0.4, -0.2) is 45.6 Å². The third-order valence-electron chi connectivity index (χ3n) is 2.64. The van der Waals surface area contributed by atoms with Gasteiger partial charge in [0.15, 0.2) is 0 Å². The molecule has 6 heteroatoms. The zero-order valence-corrected chi connectivity index (χ0v) is 10.2. The molecular weight excluding hydrogens is 220 g/mol. The van der Waals surface area contributed by atoms with Gasteiger partial charge in [0.05, 0.1) is 0 Å². The Balaban J connectivity index is 2.67. The van der Waals surface area contributed by atoms with Gasteiger partial charge < -0.3 is 15.7 Å². The number of anilines is 1. The van der Waals surface area contributed by atoms with Gasteiger partial charge >= 0.3 is 5.97 Å². The molecule has 0 amide bonds. The molecule has 1 aromatic rings. The molecule has 0 aliphatic rings. The van der Waals surface area contributed by atoms with E-state index in [1.807, 2.05) is 0 Å². The summed E-state index contributed by atoms with van der Waals surface area (Å²) in [5.41, 5.74) is 5.50. The molecule has 0 aliphatic carbocycles.